The largest absolute Gasteiger partial charge is 0.399 e. The van der Waals surface area contributed by atoms with E-state index in [0.29, 0.717) is 23.7 Å². The van der Waals surface area contributed by atoms with Crippen molar-refractivity contribution in [3.05, 3.63) is 36.2 Å². The quantitative estimate of drug-likeness (QED) is 0.496. The molecule has 0 aromatic heterocycles. The van der Waals surface area contributed by atoms with Crippen molar-refractivity contribution >= 4 is 23.4 Å². The van der Waals surface area contributed by atoms with E-state index in [2.05, 4.69) is 6.58 Å². The van der Waals surface area contributed by atoms with Gasteiger partial charge in [-0.15, -0.1) is 11.8 Å². The van der Waals surface area contributed by atoms with E-state index >= 15 is 0 Å². The molecular weight excluding hydrogens is 263 g/mol. The Bertz CT molecular complexity index is 477. The molecule has 0 radical (unpaired) electrons. The lowest BCUT2D eigenvalue weighted by molar-refractivity contribution is -0.127. The summed E-state index contributed by atoms with van der Waals surface area (Å²) in [7, 11) is 0. The number of hydrogen-bond donors (Lipinski definition) is 1. The Labute approximate surface area is 117 Å². The minimum Gasteiger partial charge on any atom is -0.399 e. The Morgan fingerprint density at radius 2 is 2.21 bits per heavy atom. The monoisotopic (exact) mass is 282 g/mol. The van der Waals surface area contributed by atoms with E-state index in [1.54, 1.807) is 17.0 Å². The van der Waals surface area contributed by atoms with E-state index in [0.717, 1.165) is 5.57 Å². The van der Waals surface area contributed by atoms with Gasteiger partial charge < -0.3 is 10.6 Å². The molecule has 0 saturated heterocycles. The van der Waals surface area contributed by atoms with Crippen LogP contribution in [0.4, 0.5) is 10.1 Å². The Morgan fingerprint density at radius 3 is 2.74 bits per heavy atom. The number of halogens is 1. The predicted molar refractivity (Wildman–Crippen MR) is 78.6 cm³/mol. The molecule has 2 N–H and O–H groups in total. The fourth-order valence-corrected chi connectivity index (χ4v) is 2.39. The zero-order valence-electron chi connectivity index (χ0n) is 11.3. The van der Waals surface area contributed by atoms with Gasteiger partial charge in [-0.2, -0.15) is 0 Å². The van der Waals surface area contributed by atoms with E-state index in [-0.39, 0.29) is 17.5 Å². The molecular formula is C14H19FN2OS. The number of benzene rings is 1. The highest BCUT2D eigenvalue weighted by molar-refractivity contribution is 8.00. The van der Waals surface area contributed by atoms with Crippen molar-refractivity contribution in [2.75, 3.05) is 24.6 Å². The third-order valence-electron chi connectivity index (χ3n) is 2.50. The fourth-order valence-electron chi connectivity index (χ4n) is 1.57. The van der Waals surface area contributed by atoms with Crippen LogP contribution in [0.1, 0.15) is 13.8 Å². The predicted octanol–water partition coefficient (Wildman–Crippen LogP) is 2.92. The molecule has 104 valence electrons. The van der Waals surface area contributed by atoms with Crippen molar-refractivity contribution in [2.45, 2.75) is 18.7 Å². The molecule has 0 atom stereocenters. The van der Waals surface area contributed by atoms with Crippen LogP contribution in [0.3, 0.4) is 0 Å². The number of carbonyl (C=O) groups is 1. The molecule has 0 bridgehead atoms. The van der Waals surface area contributed by atoms with Crippen molar-refractivity contribution in [3.63, 3.8) is 0 Å². The van der Waals surface area contributed by atoms with E-state index in [1.165, 1.54) is 17.8 Å². The highest BCUT2D eigenvalue weighted by Crippen LogP contribution is 2.23. The topological polar surface area (TPSA) is 46.3 Å². The summed E-state index contributed by atoms with van der Waals surface area (Å²) in [6.07, 6.45) is 0. The van der Waals surface area contributed by atoms with Gasteiger partial charge in [0.25, 0.3) is 0 Å². The molecule has 0 aliphatic heterocycles. The van der Waals surface area contributed by atoms with Gasteiger partial charge in [-0.25, -0.2) is 4.39 Å². The van der Waals surface area contributed by atoms with Gasteiger partial charge >= 0.3 is 0 Å². The number of nitrogen functional groups attached to an aromatic ring is 1. The van der Waals surface area contributed by atoms with Crippen LogP contribution in [0.5, 0.6) is 0 Å². The molecule has 0 fully saturated rings. The minimum atomic E-state index is -0.388. The number of thioether (sulfide) groups is 1. The first-order chi connectivity index (χ1) is 8.93. The maximum Gasteiger partial charge on any atom is 0.233 e. The lowest BCUT2D eigenvalue weighted by Crippen LogP contribution is -2.33. The Hall–Kier alpha value is -1.49. The SMILES string of the molecule is C=C(C)CN(CC)C(=O)CSc1ccc(N)cc1F. The van der Waals surface area contributed by atoms with Crippen LogP contribution < -0.4 is 5.73 Å². The average molecular weight is 282 g/mol. The molecule has 0 aliphatic carbocycles. The van der Waals surface area contributed by atoms with E-state index in [4.69, 9.17) is 5.73 Å². The summed E-state index contributed by atoms with van der Waals surface area (Å²) < 4.78 is 13.6. The molecule has 0 heterocycles. The van der Waals surface area contributed by atoms with Crippen LogP contribution in [-0.2, 0) is 4.79 Å². The first-order valence-electron chi connectivity index (χ1n) is 6.04. The van der Waals surface area contributed by atoms with Crippen LogP contribution in [0, 0.1) is 5.82 Å². The van der Waals surface area contributed by atoms with Gasteiger partial charge in [0.15, 0.2) is 0 Å². The maximum absolute atomic E-state index is 13.6. The van der Waals surface area contributed by atoms with Gasteiger partial charge in [0, 0.05) is 23.7 Å². The van der Waals surface area contributed by atoms with Crippen molar-refractivity contribution in [3.8, 4) is 0 Å². The summed E-state index contributed by atoms with van der Waals surface area (Å²) in [4.78, 5) is 14.1. The van der Waals surface area contributed by atoms with Gasteiger partial charge in [0.2, 0.25) is 5.91 Å². The molecule has 0 aliphatic rings. The number of nitrogens with two attached hydrogens (primary N) is 1. The molecule has 1 amide bonds. The highest BCUT2D eigenvalue weighted by Gasteiger charge is 2.13. The zero-order chi connectivity index (χ0) is 14.4. The number of likely N-dealkylation sites (N-methyl/N-ethyl adjacent to an activating group) is 1. The summed E-state index contributed by atoms with van der Waals surface area (Å²) in [5.41, 5.74) is 6.78. The second-order valence-electron chi connectivity index (χ2n) is 4.34. The standard InChI is InChI=1S/C14H19FN2OS/c1-4-17(8-10(2)3)14(18)9-19-13-6-5-11(16)7-12(13)15/h5-7H,2,4,8-9,16H2,1,3H3. The van der Waals surface area contributed by atoms with Crippen LogP contribution in [0.2, 0.25) is 0 Å². The molecule has 1 aromatic rings. The van der Waals surface area contributed by atoms with Gasteiger partial charge in [0.05, 0.1) is 5.75 Å². The number of nitrogens with zero attached hydrogens (tertiary/aromatic N) is 1. The number of anilines is 1. The second-order valence-corrected chi connectivity index (χ2v) is 5.36. The fraction of sp³-hybridized carbons (Fsp3) is 0.357. The van der Waals surface area contributed by atoms with E-state index in [1.807, 2.05) is 13.8 Å². The van der Waals surface area contributed by atoms with Crippen LogP contribution in [-0.4, -0.2) is 29.6 Å². The van der Waals surface area contributed by atoms with Gasteiger partial charge in [-0.05, 0) is 32.0 Å². The summed E-state index contributed by atoms with van der Waals surface area (Å²) in [5, 5.41) is 0. The molecule has 3 nitrogen and oxygen atoms in total. The number of carbonyl (C=O) groups excluding carboxylic acids is 1. The van der Waals surface area contributed by atoms with Crippen molar-refractivity contribution in [1.82, 2.24) is 4.90 Å². The lowest BCUT2D eigenvalue weighted by Gasteiger charge is -2.20. The Kier molecular flexibility index (Phi) is 5.89. The van der Waals surface area contributed by atoms with Crippen LogP contribution in [0.15, 0.2) is 35.2 Å². The first-order valence-corrected chi connectivity index (χ1v) is 7.02. The smallest absolute Gasteiger partial charge is 0.233 e. The summed E-state index contributed by atoms with van der Waals surface area (Å²) in [5.74, 6) is -0.199. The van der Waals surface area contributed by atoms with E-state index < -0.39 is 0 Å². The summed E-state index contributed by atoms with van der Waals surface area (Å²) in [6.45, 7) is 8.75. The third-order valence-corrected chi connectivity index (χ3v) is 3.54. The second kappa shape index (κ2) is 7.19. The van der Waals surface area contributed by atoms with E-state index in [9.17, 15) is 9.18 Å². The summed E-state index contributed by atoms with van der Waals surface area (Å²) in [6, 6.07) is 4.48. The third kappa shape index (κ3) is 4.95. The molecule has 1 aromatic carbocycles. The molecule has 0 saturated carbocycles. The average Bonchev–Trinajstić information content (AvgIpc) is 2.34. The molecule has 0 unspecified atom stereocenters. The van der Waals surface area contributed by atoms with Gasteiger partial charge in [-0.1, -0.05) is 12.2 Å². The highest BCUT2D eigenvalue weighted by atomic mass is 32.2. The normalized spacial score (nSPS) is 10.3. The summed E-state index contributed by atoms with van der Waals surface area (Å²) >= 11 is 1.18. The lowest BCUT2D eigenvalue weighted by atomic mass is 10.3. The first kappa shape index (κ1) is 15.6. The van der Waals surface area contributed by atoms with Crippen LogP contribution >= 0.6 is 11.8 Å². The number of amides is 1. The molecule has 1 rings (SSSR count). The van der Waals surface area contributed by atoms with Crippen molar-refractivity contribution in [1.29, 1.82) is 0 Å². The Morgan fingerprint density at radius 1 is 1.53 bits per heavy atom. The molecule has 5 heteroatoms. The Balaban J connectivity index is 2.60. The van der Waals surface area contributed by atoms with Crippen molar-refractivity contribution in [2.24, 2.45) is 0 Å². The van der Waals surface area contributed by atoms with Crippen LogP contribution in [0.25, 0.3) is 0 Å². The molecule has 0 spiro atoms. The zero-order valence-corrected chi connectivity index (χ0v) is 12.1. The molecule has 19 heavy (non-hydrogen) atoms. The number of hydrogen-bond acceptors (Lipinski definition) is 3. The maximum atomic E-state index is 13.6. The van der Waals surface area contributed by atoms with Gasteiger partial charge in [0.1, 0.15) is 5.82 Å². The number of rotatable bonds is 6. The van der Waals surface area contributed by atoms with Crippen molar-refractivity contribution < 1.29 is 9.18 Å². The minimum absolute atomic E-state index is 0.0216. The van der Waals surface area contributed by atoms with Gasteiger partial charge in [-0.3, -0.25) is 4.79 Å².